The van der Waals surface area contributed by atoms with Crippen LogP contribution < -0.4 is 16.1 Å². The van der Waals surface area contributed by atoms with E-state index < -0.39 is 18.3 Å². The lowest BCUT2D eigenvalue weighted by molar-refractivity contribution is -0.146. The van der Waals surface area contributed by atoms with E-state index in [0.717, 1.165) is 57.5 Å². The third-order valence-corrected chi connectivity index (χ3v) is 11.1. The molecule has 4 aromatic rings. The second-order valence-electron chi connectivity index (χ2n) is 12.7. The van der Waals surface area contributed by atoms with Gasteiger partial charge in [0, 0.05) is 40.4 Å². The maximum Gasteiger partial charge on any atom is 0.496 e. The Morgan fingerprint density at radius 3 is 2.36 bits per heavy atom. The predicted molar refractivity (Wildman–Crippen MR) is 183 cm³/mol. The molecule has 12 heteroatoms. The van der Waals surface area contributed by atoms with Crippen molar-refractivity contribution >= 4 is 74.8 Å². The van der Waals surface area contributed by atoms with E-state index in [1.807, 2.05) is 70.2 Å². The van der Waals surface area contributed by atoms with Crippen molar-refractivity contribution in [1.29, 1.82) is 0 Å². The Bertz CT molecular complexity index is 1710. The number of carbonyl (C=O) groups excluding carboxylic acids is 1. The van der Waals surface area contributed by atoms with Gasteiger partial charge in [-0.1, -0.05) is 53.5 Å². The summed E-state index contributed by atoms with van der Waals surface area (Å²) < 4.78 is 18.5. The first-order chi connectivity index (χ1) is 21.5. The van der Waals surface area contributed by atoms with Crippen LogP contribution in [0.1, 0.15) is 58.4 Å². The maximum atomic E-state index is 11.9. The van der Waals surface area contributed by atoms with E-state index in [-0.39, 0.29) is 11.9 Å². The highest BCUT2D eigenvalue weighted by Crippen LogP contribution is 2.41. The summed E-state index contributed by atoms with van der Waals surface area (Å²) in [4.78, 5) is 21.4. The number of methoxy groups -OCH3 is 1. The largest absolute Gasteiger partial charge is 0.496 e. The third-order valence-electron chi connectivity index (χ3n) is 9.23. The Balaban J connectivity index is 1.20. The molecule has 2 N–H and O–H groups in total. The van der Waals surface area contributed by atoms with Crippen molar-refractivity contribution < 1.29 is 18.8 Å². The number of aromatic nitrogens is 2. The number of nitrogens with zero attached hydrogens (tertiary/aromatic N) is 2. The Kier molecular flexibility index (Phi) is 9.18. The topological polar surface area (TPSA) is 94.6 Å². The van der Waals surface area contributed by atoms with Crippen LogP contribution in [-0.2, 0) is 25.4 Å². The lowest BCUT2D eigenvalue weighted by Crippen LogP contribution is -2.41. The first kappa shape index (κ1) is 32.2. The van der Waals surface area contributed by atoms with Crippen molar-refractivity contribution in [2.45, 2.75) is 77.2 Å². The maximum absolute atomic E-state index is 11.9. The Morgan fingerprint density at radius 1 is 1.00 bits per heavy atom. The van der Waals surface area contributed by atoms with E-state index in [9.17, 15) is 4.79 Å². The van der Waals surface area contributed by atoms with Crippen LogP contribution in [0.25, 0.3) is 21.3 Å². The number of hydrogen-bond donors (Lipinski definition) is 2. The minimum absolute atomic E-state index is 0.00986. The summed E-state index contributed by atoms with van der Waals surface area (Å²) >= 11 is 15.7. The molecule has 2 fully saturated rings. The zero-order chi connectivity index (χ0) is 31.9. The molecular formula is C33H37BCl2N4O4S. The van der Waals surface area contributed by atoms with E-state index in [1.165, 1.54) is 7.11 Å². The Morgan fingerprint density at radius 2 is 1.67 bits per heavy atom. The molecule has 3 heterocycles. The van der Waals surface area contributed by atoms with Gasteiger partial charge in [-0.25, -0.2) is 9.97 Å². The molecule has 0 amide bonds. The molecule has 1 saturated heterocycles. The number of carbonyl (C=O) groups is 1. The molecule has 1 saturated carbocycles. The quantitative estimate of drug-likeness (QED) is 0.147. The van der Waals surface area contributed by atoms with Gasteiger partial charge in [-0.05, 0) is 65.5 Å². The van der Waals surface area contributed by atoms with E-state index in [0.29, 0.717) is 34.1 Å². The van der Waals surface area contributed by atoms with Gasteiger partial charge < -0.3 is 24.7 Å². The zero-order valence-corrected chi connectivity index (χ0v) is 28.4. The molecule has 0 spiro atoms. The summed E-state index contributed by atoms with van der Waals surface area (Å²) in [5, 5.41) is 9.07. The zero-order valence-electron chi connectivity index (χ0n) is 26.1. The number of hydrogen-bond acceptors (Lipinski definition) is 9. The third kappa shape index (κ3) is 6.46. The normalized spacial score (nSPS) is 20.8. The molecule has 236 valence electrons. The van der Waals surface area contributed by atoms with Crippen molar-refractivity contribution in [2.75, 3.05) is 12.4 Å². The number of thiazole rings is 1. The van der Waals surface area contributed by atoms with Crippen LogP contribution in [0.4, 0.5) is 11.5 Å². The van der Waals surface area contributed by atoms with Gasteiger partial charge in [0.1, 0.15) is 10.5 Å². The first-order valence-electron chi connectivity index (χ1n) is 15.2. The average Bonchev–Trinajstić information content (AvgIpc) is 3.54. The second-order valence-corrected chi connectivity index (χ2v) is 14.5. The van der Waals surface area contributed by atoms with Crippen LogP contribution in [0.2, 0.25) is 10.0 Å². The molecular weight excluding hydrogens is 630 g/mol. The molecule has 2 aromatic heterocycles. The van der Waals surface area contributed by atoms with E-state index >= 15 is 0 Å². The summed E-state index contributed by atoms with van der Waals surface area (Å²) in [5.41, 5.74) is 2.84. The molecule has 0 bridgehead atoms. The van der Waals surface area contributed by atoms with Crippen LogP contribution in [0.3, 0.4) is 0 Å². The number of rotatable bonds is 8. The number of esters is 1. The number of pyridine rings is 1. The van der Waals surface area contributed by atoms with Gasteiger partial charge in [-0.3, -0.25) is 4.79 Å². The van der Waals surface area contributed by atoms with E-state index in [1.54, 1.807) is 17.5 Å². The summed E-state index contributed by atoms with van der Waals surface area (Å²) in [6.45, 7) is 8.73. The lowest BCUT2D eigenvalue weighted by Gasteiger charge is -2.32. The highest BCUT2D eigenvalue weighted by atomic mass is 35.5. The molecule has 1 aliphatic heterocycles. The molecule has 6 rings (SSSR count). The fourth-order valence-electron chi connectivity index (χ4n) is 5.87. The Labute approximate surface area is 278 Å². The molecule has 2 aromatic carbocycles. The van der Waals surface area contributed by atoms with Gasteiger partial charge in [0.15, 0.2) is 5.82 Å². The molecule has 8 nitrogen and oxygen atoms in total. The van der Waals surface area contributed by atoms with Crippen molar-refractivity contribution in [1.82, 2.24) is 15.3 Å². The lowest BCUT2D eigenvalue weighted by atomic mass is 9.77. The van der Waals surface area contributed by atoms with Crippen molar-refractivity contribution in [2.24, 2.45) is 5.92 Å². The average molecular weight is 667 g/mol. The highest BCUT2D eigenvalue weighted by molar-refractivity contribution is 7.18. The van der Waals surface area contributed by atoms with Crippen LogP contribution in [0.15, 0.2) is 48.7 Å². The predicted octanol–water partition coefficient (Wildman–Crippen LogP) is 7.53. The number of fused-ring (bicyclic) bond motifs is 1. The summed E-state index contributed by atoms with van der Waals surface area (Å²) in [6.07, 6.45) is 5.34. The standard InChI is InChI=1S/C33H37BCl2N4O4S/c1-32(2)33(3,4)44-34(43-32)23-10-6-8-21(27(23)35)22-9-7-11-24(28(22)36)39-30-29-25(16-17-37-30)45-26(40-29)18-38-20-14-12-19(13-15-20)31(41)42-5/h6-11,16-17,19-20,38H,12-15,18H2,1-5H3,(H,37,39)/t19-,20-. The number of nitrogens with one attached hydrogen (secondary N) is 2. The van der Waals surface area contributed by atoms with Gasteiger partial charge in [-0.2, -0.15) is 0 Å². The van der Waals surface area contributed by atoms with Crippen molar-refractivity contribution in [3.05, 3.63) is 63.7 Å². The number of halogens is 2. The number of benzene rings is 2. The molecule has 0 atom stereocenters. The summed E-state index contributed by atoms with van der Waals surface area (Å²) in [5.74, 6) is 0.538. The van der Waals surface area contributed by atoms with Gasteiger partial charge in [0.05, 0.1) is 39.6 Å². The van der Waals surface area contributed by atoms with Crippen LogP contribution in [0, 0.1) is 5.92 Å². The van der Waals surface area contributed by atoms with Gasteiger partial charge in [0.25, 0.3) is 0 Å². The van der Waals surface area contributed by atoms with Crippen molar-refractivity contribution in [3.63, 3.8) is 0 Å². The first-order valence-corrected chi connectivity index (χ1v) is 16.8. The fraction of sp³-hybridized carbons (Fsp3) is 0.424. The minimum atomic E-state index is -0.590. The summed E-state index contributed by atoms with van der Waals surface area (Å²) in [7, 11) is 0.868. The number of ether oxygens (including phenoxy) is 1. The van der Waals surface area contributed by atoms with E-state index in [4.69, 9.17) is 42.2 Å². The molecule has 2 aliphatic rings. The second kappa shape index (κ2) is 12.8. The molecule has 45 heavy (non-hydrogen) atoms. The van der Waals surface area contributed by atoms with Gasteiger partial charge in [-0.15, -0.1) is 11.3 Å². The molecule has 0 unspecified atom stereocenters. The summed E-state index contributed by atoms with van der Waals surface area (Å²) in [6, 6.07) is 13.9. The highest BCUT2D eigenvalue weighted by Gasteiger charge is 2.52. The Hall–Kier alpha value is -2.73. The van der Waals surface area contributed by atoms with Crippen LogP contribution in [0.5, 0.6) is 0 Å². The molecule has 1 aliphatic carbocycles. The van der Waals surface area contributed by atoms with Gasteiger partial charge in [0.2, 0.25) is 0 Å². The minimum Gasteiger partial charge on any atom is -0.469 e. The van der Waals surface area contributed by atoms with Gasteiger partial charge >= 0.3 is 13.1 Å². The van der Waals surface area contributed by atoms with Crippen LogP contribution in [-0.4, -0.2) is 47.4 Å². The monoisotopic (exact) mass is 666 g/mol. The number of anilines is 2. The SMILES string of the molecule is COC(=O)[C@H]1CC[C@H](NCc2nc3c(Nc4cccc(-c5cccc(B6OC(C)(C)C(C)(C)O6)c5Cl)c4Cl)nccc3s2)CC1. The smallest absolute Gasteiger partial charge is 0.469 e. The van der Waals surface area contributed by atoms with E-state index in [2.05, 4.69) is 15.6 Å². The van der Waals surface area contributed by atoms with Crippen LogP contribution >= 0.6 is 34.5 Å². The van der Waals surface area contributed by atoms with Crippen molar-refractivity contribution in [3.8, 4) is 11.1 Å². The fourth-order valence-corrected chi connectivity index (χ4v) is 7.38. The molecule has 0 radical (unpaired) electrons.